The van der Waals surface area contributed by atoms with Crippen molar-refractivity contribution in [3.8, 4) is 0 Å². The Morgan fingerprint density at radius 2 is 1.91 bits per heavy atom. The monoisotopic (exact) mass is 464 g/mol. The minimum absolute atomic E-state index is 0.158. The van der Waals surface area contributed by atoms with Gasteiger partial charge in [0.15, 0.2) is 23.3 Å². The molecule has 1 aromatic heterocycles. The van der Waals surface area contributed by atoms with E-state index in [9.17, 15) is 22.8 Å². The fourth-order valence-corrected chi connectivity index (χ4v) is 3.87. The van der Waals surface area contributed by atoms with Crippen LogP contribution < -0.4 is 15.5 Å². The first-order valence-electron chi connectivity index (χ1n) is 10.2. The smallest absolute Gasteiger partial charge is 0.254 e. The van der Waals surface area contributed by atoms with Gasteiger partial charge in [-0.05, 0) is 26.0 Å². The Labute approximate surface area is 187 Å². The van der Waals surface area contributed by atoms with Gasteiger partial charge < -0.3 is 25.2 Å². The van der Waals surface area contributed by atoms with Crippen LogP contribution in [0.2, 0.25) is 0 Å². The first-order chi connectivity index (χ1) is 15.5. The average Bonchev–Trinajstić information content (AvgIpc) is 2.73. The van der Waals surface area contributed by atoms with E-state index >= 15 is 0 Å². The second-order valence-electron chi connectivity index (χ2n) is 8.36. The summed E-state index contributed by atoms with van der Waals surface area (Å²) in [5.41, 5.74) is -0.154. The molecule has 0 bridgehead atoms. The van der Waals surface area contributed by atoms with Gasteiger partial charge in [0.05, 0.1) is 18.3 Å². The SMILES string of the molecule is COC[C@]1(C)C(=O)Nc2c(C)nc(NC3CN(C(=O)c4cc(F)c(F)c(F)c4)C3)nc2N1C. The number of ether oxygens (including phenoxy) is 1. The molecule has 2 N–H and O–H groups in total. The van der Waals surface area contributed by atoms with Gasteiger partial charge >= 0.3 is 0 Å². The molecule has 2 amide bonds. The van der Waals surface area contributed by atoms with Crippen LogP contribution in [-0.4, -0.2) is 72.1 Å². The predicted octanol–water partition coefficient (Wildman–Crippen LogP) is 1.93. The molecular weight excluding hydrogens is 441 g/mol. The number of carbonyl (C=O) groups excluding carboxylic acids is 2. The Morgan fingerprint density at radius 1 is 1.27 bits per heavy atom. The van der Waals surface area contributed by atoms with E-state index in [1.807, 2.05) is 0 Å². The van der Waals surface area contributed by atoms with E-state index in [-0.39, 0.29) is 37.2 Å². The molecule has 1 aromatic carbocycles. The number of rotatable bonds is 5. The second-order valence-corrected chi connectivity index (χ2v) is 8.36. The number of fused-ring (bicyclic) bond motifs is 1. The summed E-state index contributed by atoms with van der Waals surface area (Å²) in [6.45, 7) is 4.13. The zero-order chi connectivity index (χ0) is 24.1. The fraction of sp³-hybridized carbons (Fsp3) is 0.429. The lowest BCUT2D eigenvalue weighted by molar-refractivity contribution is -0.122. The Hall–Kier alpha value is -3.41. The molecule has 2 aromatic rings. The Kier molecular flexibility index (Phi) is 5.64. The second kappa shape index (κ2) is 8.18. The van der Waals surface area contributed by atoms with Crippen LogP contribution in [0.5, 0.6) is 0 Å². The molecular formula is C21H23F3N6O3. The van der Waals surface area contributed by atoms with Gasteiger partial charge in [-0.1, -0.05) is 0 Å². The van der Waals surface area contributed by atoms with Gasteiger partial charge in [-0.25, -0.2) is 18.2 Å². The summed E-state index contributed by atoms with van der Waals surface area (Å²) in [6.07, 6.45) is 0. The fourth-order valence-electron chi connectivity index (χ4n) is 3.87. The molecule has 1 saturated heterocycles. The van der Waals surface area contributed by atoms with Crippen molar-refractivity contribution in [1.82, 2.24) is 14.9 Å². The van der Waals surface area contributed by atoms with Gasteiger partial charge in [-0.3, -0.25) is 9.59 Å². The normalized spacial score (nSPS) is 20.3. The summed E-state index contributed by atoms with van der Waals surface area (Å²) >= 11 is 0. The number of halogens is 3. The van der Waals surface area contributed by atoms with Crippen molar-refractivity contribution in [3.63, 3.8) is 0 Å². The number of likely N-dealkylation sites (tertiary alicyclic amines) is 1. The largest absolute Gasteiger partial charge is 0.382 e. The number of anilines is 3. The van der Waals surface area contributed by atoms with E-state index in [4.69, 9.17) is 4.74 Å². The molecule has 0 unspecified atom stereocenters. The Balaban J connectivity index is 1.47. The number of likely N-dealkylation sites (N-methyl/N-ethyl adjacent to an activating group) is 1. The molecule has 3 heterocycles. The summed E-state index contributed by atoms with van der Waals surface area (Å²) in [5, 5.41) is 5.98. The first-order valence-corrected chi connectivity index (χ1v) is 10.2. The third-order valence-electron chi connectivity index (χ3n) is 6.01. The third-order valence-corrected chi connectivity index (χ3v) is 6.01. The molecule has 1 atom stereocenters. The van der Waals surface area contributed by atoms with Gasteiger partial charge in [-0.15, -0.1) is 0 Å². The summed E-state index contributed by atoms with van der Waals surface area (Å²) in [5.74, 6) is -4.44. The Morgan fingerprint density at radius 3 is 2.52 bits per heavy atom. The molecule has 0 saturated carbocycles. The number of aryl methyl sites for hydroxylation is 1. The summed E-state index contributed by atoms with van der Waals surface area (Å²) in [6, 6.07) is 1.16. The molecule has 9 nitrogen and oxygen atoms in total. The van der Waals surface area contributed by atoms with Gasteiger partial charge in [0.25, 0.3) is 11.8 Å². The molecule has 12 heteroatoms. The number of methoxy groups -OCH3 is 1. The zero-order valence-electron chi connectivity index (χ0n) is 18.5. The summed E-state index contributed by atoms with van der Waals surface area (Å²) < 4.78 is 45.2. The van der Waals surface area contributed by atoms with Crippen LogP contribution in [0.4, 0.5) is 30.6 Å². The van der Waals surface area contributed by atoms with Crippen LogP contribution in [0.1, 0.15) is 23.0 Å². The lowest BCUT2D eigenvalue weighted by Crippen LogP contribution is -2.60. The van der Waals surface area contributed by atoms with Crippen LogP contribution in [0.25, 0.3) is 0 Å². The number of hydrogen-bond acceptors (Lipinski definition) is 7. The minimum atomic E-state index is -1.61. The van der Waals surface area contributed by atoms with Crippen LogP contribution in [0.15, 0.2) is 12.1 Å². The van der Waals surface area contributed by atoms with Crippen molar-refractivity contribution in [3.05, 3.63) is 40.8 Å². The predicted molar refractivity (Wildman–Crippen MR) is 114 cm³/mol. The van der Waals surface area contributed by atoms with Gasteiger partial charge in [0.1, 0.15) is 11.2 Å². The van der Waals surface area contributed by atoms with Crippen molar-refractivity contribution in [2.75, 3.05) is 49.4 Å². The highest BCUT2D eigenvalue weighted by Crippen LogP contribution is 2.37. The topological polar surface area (TPSA) is 99.7 Å². The first kappa shape index (κ1) is 22.8. The lowest BCUT2D eigenvalue weighted by Gasteiger charge is -2.43. The van der Waals surface area contributed by atoms with Gasteiger partial charge in [0.2, 0.25) is 5.95 Å². The van der Waals surface area contributed by atoms with Crippen LogP contribution in [0.3, 0.4) is 0 Å². The van der Waals surface area contributed by atoms with Crippen LogP contribution >= 0.6 is 0 Å². The highest BCUT2D eigenvalue weighted by Gasteiger charge is 2.44. The van der Waals surface area contributed by atoms with Gasteiger partial charge in [0, 0.05) is 32.8 Å². The van der Waals surface area contributed by atoms with E-state index in [1.54, 1.807) is 25.8 Å². The number of hydrogen-bond donors (Lipinski definition) is 2. The van der Waals surface area contributed by atoms with E-state index in [1.165, 1.54) is 12.0 Å². The highest BCUT2D eigenvalue weighted by molar-refractivity contribution is 6.06. The molecule has 0 spiro atoms. The van der Waals surface area contributed by atoms with Crippen molar-refractivity contribution in [1.29, 1.82) is 0 Å². The maximum absolute atomic E-state index is 13.4. The Bertz CT molecular complexity index is 1120. The minimum Gasteiger partial charge on any atom is -0.382 e. The molecule has 0 radical (unpaired) electrons. The van der Waals surface area contributed by atoms with Crippen LogP contribution in [0, 0.1) is 24.4 Å². The molecule has 0 aliphatic carbocycles. The maximum atomic E-state index is 13.4. The molecule has 4 rings (SSSR count). The molecule has 176 valence electrons. The van der Waals surface area contributed by atoms with E-state index in [0.717, 1.165) is 0 Å². The summed E-state index contributed by atoms with van der Waals surface area (Å²) in [7, 11) is 3.26. The van der Waals surface area contributed by atoms with Crippen molar-refractivity contribution in [2.45, 2.75) is 25.4 Å². The maximum Gasteiger partial charge on any atom is 0.254 e. The number of nitrogens with one attached hydrogen (secondary N) is 2. The average molecular weight is 464 g/mol. The zero-order valence-corrected chi connectivity index (χ0v) is 18.5. The number of benzene rings is 1. The number of nitrogens with zero attached hydrogens (tertiary/aromatic N) is 4. The van der Waals surface area contributed by atoms with Gasteiger partial charge in [-0.2, -0.15) is 4.98 Å². The van der Waals surface area contributed by atoms with E-state index in [2.05, 4.69) is 20.6 Å². The number of aromatic nitrogens is 2. The molecule has 33 heavy (non-hydrogen) atoms. The van der Waals surface area contributed by atoms with E-state index in [0.29, 0.717) is 35.3 Å². The van der Waals surface area contributed by atoms with Crippen molar-refractivity contribution >= 4 is 29.3 Å². The number of carbonyl (C=O) groups is 2. The third kappa shape index (κ3) is 3.84. The lowest BCUT2D eigenvalue weighted by atomic mass is 9.97. The quantitative estimate of drug-likeness (QED) is 0.653. The van der Waals surface area contributed by atoms with Crippen molar-refractivity contribution in [2.24, 2.45) is 0 Å². The molecule has 2 aliphatic rings. The molecule has 2 aliphatic heterocycles. The number of amides is 2. The van der Waals surface area contributed by atoms with Crippen LogP contribution in [-0.2, 0) is 9.53 Å². The standard InChI is InChI=1S/C21H23F3N6O3/c1-10-16-17(29(3)21(2,9-33-4)19(32)27-16)28-20(25-10)26-12-7-30(8-12)18(31)11-5-13(22)15(24)14(23)6-11/h5-6,12H,7-9H2,1-4H3,(H,27,32)(H,25,26,28)/t21-/m1/s1. The molecule has 1 fully saturated rings. The highest BCUT2D eigenvalue weighted by atomic mass is 19.2. The van der Waals surface area contributed by atoms with E-state index < -0.39 is 28.9 Å². The summed E-state index contributed by atoms with van der Waals surface area (Å²) in [4.78, 5) is 37.1. The van der Waals surface area contributed by atoms with Crippen molar-refractivity contribution < 1.29 is 27.5 Å².